The van der Waals surface area contributed by atoms with Gasteiger partial charge >= 0.3 is 0 Å². The molecule has 0 aromatic heterocycles. The van der Waals surface area contributed by atoms with Crippen LogP contribution in [0.5, 0.6) is 0 Å². The lowest BCUT2D eigenvalue weighted by atomic mass is 9.98. The van der Waals surface area contributed by atoms with E-state index in [1.54, 1.807) is 4.90 Å². The van der Waals surface area contributed by atoms with E-state index in [2.05, 4.69) is 43.4 Å². The van der Waals surface area contributed by atoms with Crippen LogP contribution in [0.2, 0.25) is 5.02 Å². The van der Waals surface area contributed by atoms with Crippen molar-refractivity contribution in [1.82, 2.24) is 0 Å². The highest BCUT2D eigenvalue weighted by atomic mass is 35.5. The summed E-state index contributed by atoms with van der Waals surface area (Å²) in [7, 11) is 0. The predicted molar refractivity (Wildman–Crippen MR) is 112 cm³/mol. The molecule has 1 amide bonds. The van der Waals surface area contributed by atoms with Crippen LogP contribution in [0.1, 0.15) is 47.4 Å². The quantitative estimate of drug-likeness (QED) is 0.587. The Morgan fingerprint density at radius 3 is 2.26 bits per heavy atom. The van der Waals surface area contributed by atoms with E-state index in [0.29, 0.717) is 16.5 Å². The van der Waals surface area contributed by atoms with Crippen molar-refractivity contribution < 1.29 is 4.79 Å². The molecule has 1 aliphatic heterocycles. The number of nitrogens with zero attached hydrogens (tertiary/aromatic N) is 1. The van der Waals surface area contributed by atoms with Crippen LogP contribution in [0.4, 0.5) is 11.4 Å². The first kappa shape index (κ1) is 17.6. The minimum atomic E-state index is -0.283. The first-order valence-electron chi connectivity index (χ1n) is 9.09. The van der Waals surface area contributed by atoms with Crippen LogP contribution in [-0.4, -0.2) is 5.91 Å². The zero-order chi connectivity index (χ0) is 19.0. The Kier molecular flexibility index (Phi) is 4.63. The first-order chi connectivity index (χ1) is 13.0. The van der Waals surface area contributed by atoms with E-state index in [0.717, 1.165) is 16.9 Å². The maximum Gasteiger partial charge on any atom is 0.262 e. The molecule has 3 aromatic rings. The maximum absolute atomic E-state index is 13.3. The van der Waals surface area contributed by atoms with Crippen LogP contribution in [0, 0.1) is 0 Å². The second-order valence-corrected chi connectivity index (χ2v) is 7.50. The molecule has 27 heavy (non-hydrogen) atoms. The van der Waals surface area contributed by atoms with Crippen molar-refractivity contribution in [2.45, 2.75) is 25.9 Å². The number of fused-ring (bicyclic) bond motifs is 1. The number of carbonyl (C=O) groups excluding carboxylic acids is 1. The molecule has 4 rings (SSSR count). The van der Waals surface area contributed by atoms with Crippen molar-refractivity contribution in [2.75, 3.05) is 10.2 Å². The van der Waals surface area contributed by atoms with Gasteiger partial charge in [-0.3, -0.25) is 9.69 Å². The normalized spacial score (nSPS) is 16.2. The Bertz CT molecular complexity index is 964. The molecule has 0 radical (unpaired) electrons. The molecule has 3 aromatic carbocycles. The van der Waals surface area contributed by atoms with Crippen LogP contribution in [0.3, 0.4) is 0 Å². The molecule has 1 heterocycles. The highest BCUT2D eigenvalue weighted by Gasteiger charge is 2.33. The lowest BCUT2D eigenvalue weighted by Crippen LogP contribution is -2.43. The summed E-state index contributed by atoms with van der Waals surface area (Å²) in [4.78, 5) is 15.1. The molecule has 0 spiro atoms. The van der Waals surface area contributed by atoms with Gasteiger partial charge in [-0.25, -0.2) is 0 Å². The maximum atomic E-state index is 13.3. The van der Waals surface area contributed by atoms with Gasteiger partial charge in [-0.05, 0) is 53.4 Å². The molecule has 0 saturated carbocycles. The number of carbonyl (C=O) groups is 1. The second kappa shape index (κ2) is 7.09. The minimum absolute atomic E-state index is 0.0235. The number of nitrogens with one attached hydrogen (secondary N) is 1. The molecule has 4 heteroatoms. The summed E-state index contributed by atoms with van der Waals surface area (Å²) in [6.07, 6.45) is -0.283. The lowest BCUT2D eigenvalue weighted by Gasteiger charge is -2.38. The monoisotopic (exact) mass is 376 g/mol. The average Bonchev–Trinajstić information content (AvgIpc) is 2.69. The minimum Gasteiger partial charge on any atom is -0.360 e. The Labute approximate surface area is 164 Å². The van der Waals surface area contributed by atoms with Crippen LogP contribution >= 0.6 is 11.6 Å². The fraction of sp³-hybridized carbons (Fsp3) is 0.174. The van der Waals surface area contributed by atoms with Gasteiger partial charge in [0.05, 0.1) is 5.56 Å². The third-order valence-corrected chi connectivity index (χ3v) is 5.20. The third-order valence-electron chi connectivity index (χ3n) is 4.95. The fourth-order valence-electron chi connectivity index (χ4n) is 3.42. The summed E-state index contributed by atoms with van der Waals surface area (Å²) in [5, 5.41) is 4.18. The van der Waals surface area contributed by atoms with E-state index < -0.39 is 0 Å². The molecule has 0 saturated heterocycles. The zero-order valence-electron chi connectivity index (χ0n) is 15.3. The summed E-state index contributed by atoms with van der Waals surface area (Å²) >= 11 is 6.05. The highest BCUT2D eigenvalue weighted by molar-refractivity contribution is 6.30. The van der Waals surface area contributed by atoms with E-state index in [9.17, 15) is 4.79 Å². The van der Waals surface area contributed by atoms with Gasteiger partial charge in [-0.15, -0.1) is 0 Å². The second-order valence-electron chi connectivity index (χ2n) is 7.07. The number of anilines is 2. The number of hydrogen-bond acceptors (Lipinski definition) is 2. The van der Waals surface area contributed by atoms with Crippen molar-refractivity contribution in [3.05, 3.63) is 94.5 Å². The summed E-state index contributed by atoms with van der Waals surface area (Å²) in [6, 6.07) is 23.5. The number of halogens is 1. The molecular formula is C23H21ClN2O. The molecule has 136 valence electrons. The topological polar surface area (TPSA) is 32.3 Å². The van der Waals surface area contributed by atoms with E-state index >= 15 is 0 Å². The van der Waals surface area contributed by atoms with Gasteiger partial charge in [0, 0.05) is 16.4 Å². The molecule has 0 unspecified atom stereocenters. The Balaban J connectivity index is 1.81. The van der Waals surface area contributed by atoms with Crippen molar-refractivity contribution in [1.29, 1.82) is 0 Å². The zero-order valence-corrected chi connectivity index (χ0v) is 16.1. The van der Waals surface area contributed by atoms with Crippen LogP contribution < -0.4 is 10.2 Å². The van der Waals surface area contributed by atoms with Crippen LogP contribution in [0.25, 0.3) is 0 Å². The van der Waals surface area contributed by atoms with Crippen LogP contribution in [0.15, 0.2) is 72.8 Å². The Morgan fingerprint density at radius 1 is 0.926 bits per heavy atom. The van der Waals surface area contributed by atoms with Crippen LogP contribution in [-0.2, 0) is 0 Å². The van der Waals surface area contributed by atoms with Crippen molar-refractivity contribution in [3.8, 4) is 0 Å². The molecule has 0 fully saturated rings. The van der Waals surface area contributed by atoms with Crippen molar-refractivity contribution >= 4 is 28.9 Å². The van der Waals surface area contributed by atoms with E-state index in [1.807, 2.05) is 48.5 Å². The molecular weight excluding hydrogens is 356 g/mol. The largest absolute Gasteiger partial charge is 0.360 e. The highest BCUT2D eigenvalue weighted by Crippen LogP contribution is 2.37. The SMILES string of the molecule is CC(C)c1ccc([C@@H]2Nc3ccccc3C(=O)N2c2ccc(Cl)cc2)cc1. The number of amides is 1. The van der Waals surface area contributed by atoms with E-state index in [4.69, 9.17) is 11.6 Å². The summed E-state index contributed by atoms with van der Waals surface area (Å²) < 4.78 is 0. The van der Waals surface area contributed by atoms with Gasteiger partial charge in [0.15, 0.2) is 0 Å². The average molecular weight is 377 g/mol. The van der Waals surface area contributed by atoms with Gasteiger partial charge in [-0.1, -0.05) is 61.8 Å². The van der Waals surface area contributed by atoms with Gasteiger partial charge in [0.2, 0.25) is 0 Å². The fourth-order valence-corrected chi connectivity index (χ4v) is 3.54. The Morgan fingerprint density at radius 2 is 1.59 bits per heavy atom. The van der Waals surface area contributed by atoms with Gasteiger partial charge in [-0.2, -0.15) is 0 Å². The smallest absolute Gasteiger partial charge is 0.262 e. The third kappa shape index (κ3) is 3.31. The summed E-state index contributed by atoms with van der Waals surface area (Å²) in [5.74, 6) is 0.442. The van der Waals surface area contributed by atoms with E-state index in [1.165, 1.54) is 5.56 Å². The molecule has 3 nitrogen and oxygen atoms in total. The number of hydrogen-bond donors (Lipinski definition) is 1. The summed E-state index contributed by atoms with van der Waals surface area (Å²) in [6.45, 7) is 4.35. The molecule has 1 atom stereocenters. The van der Waals surface area contributed by atoms with E-state index in [-0.39, 0.29) is 12.1 Å². The standard InChI is InChI=1S/C23H21ClN2O/c1-15(2)16-7-9-17(10-8-16)22-25-21-6-4-3-5-20(21)23(27)26(22)19-13-11-18(24)12-14-19/h3-15,22,25H,1-2H3/t22-/m1/s1. The van der Waals surface area contributed by atoms with Crippen molar-refractivity contribution in [3.63, 3.8) is 0 Å². The summed E-state index contributed by atoms with van der Waals surface area (Å²) in [5.41, 5.74) is 4.65. The van der Waals surface area contributed by atoms with Gasteiger partial charge in [0.25, 0.3) is 5.91 Å². The first-order valence-corrected chi connectivity index (χ1v) is 9.47. The molecule has 1 aliphatic rings. The molecule has 0 aliphatic carbocycles. The van der Waals surface area contributed by atoms with Gasteiger partial charge < -0.3 is 5.32 Å². The molecule has 0 bridgehead atoms. The molecule has 1 N–H and O–H groups in total. The van der Waals surface area contributed by atoms with Crippen molar-refractivity contribution in [2.24, 2.45) is 0 Å². The number of rotatable bonds is 3. The lowest BCUT2D eigenvalue weighted by molar-refractivity contribution is 0.0975. The van der Waals surface area contributed by atoms with Gasteiger partial charge in [0.1, 0.15) is 6.17 Å². The predicted octanol–water partition coefficient (Wildman–Crippen LogP) is 6.23. The number of benzene rings is 3. The Hall–Kier alpha value is -2.78. The number of para-hydroxylation sites is 1.